The number of nitrogens with zero attached hydrogens (tertiary/aromatic N) is 2. The molecule has 0 unspecified atom stereocenters. The number of carbonyl (C=O) groups excluding carboxylic acids is 1. The van der Waals surface area contributed by atoms with E-state index in [1.54, 1.807) is 18.5 Å². The normalized spacial score (nSPS) is 9.93. The number of hydrogen-bond acceptors (Lipinski definition) is 3. The Morgan fingerprint density at radius 3 is 2.93 bits per heavy atom. The van der Waals surface area contributed by atoms with Crippen molar-refractivity contribution in [2.75, 3.05) is 5.32 Å². The molecule has 0 saturated heterocycles. The minimum Gasteiger partial charge on any atom is -0.319 e. The molecule has 0 aliphatic heterocycles. The number of aromatic amines is 1. The van der Waals surface area contributed by atoms with E-state index in [2.05, 4.69) is 36.4 Å². The van der Waals surface area contributed by atoms with Gasteiger partial charge >= 0.3 is 0 Å². The minimum absolute atomic E-state index is 0.217. The molecule has 2 rings (SSSR count). The zero-order valence-electron chi connectivity index (χ0n) is 7.57. The van der Waals surface area contributed by atoms with Gasteiger partial charge < -0.3 is 5.32 Å². The van der Waals surface area contributed by atoms with E-state index in [0.717, 1.165) is 4.47 Å². The van der Waals surface area contributed by atoms with Crippen molar-refractivity contribution in [2.24, 2.45) is 0 Å². The summed E-state index contributed by atoms with van der Waals surface area (Å²) in [6.07, 6.45) is 6.25. The highest BCUT2D eigenvalue weighted by Gasteiger charge is 2.06. The lowest BCUT2D eigenvalue weighted by Gasteiger charge is -2.01. The van der Waals surface area contributed by atoms with Crippen molar-refractivity contribution in [1.82, 2.24) is 15.2 Å². The highest BCUT2D eigenvalue weighted by molar-refractivity contribution is 9.10. The largest absolute Gasteiger partial charge is 0.319 e. The average molecular weight is 267 g/mol. The highest BCUT2D eigenvalue weighted by Crippen LogP contribution is 2.11. The van der Waals surface area contributed by atoms with Crippen LogP contribution < -0.4 is 5.32 Å². The monoisotopic (exact) mass is 266 g/mol. The van der Waals surface area contributed by atoms with Gasteiger partial charge in [0.1, 0.15) is 0 Å². The summed E-state index contributed by atoms with van der Waals surface area (Å²) in [6, 6.07) is 1.70. The van der Waals surface area contributed by atoms with Gasteiger partial charge in [-0.25, -0.2) is 0 Å². The van der Waals surface area contributed by atoms with Crippen LogP contribution in [0.3, 0.4) is 0 Å². The molecule has 0 aliphatic carbocycles. The van der Waals surface area contributed by atoms with Crippen molar-refractivity contribution < 1.29 is 4.79 Å². The van der Waals surface area contributed by atoms with Crippen LogP contribution in [0, 0.1) is 0 Å². The van der Waals surface area contributed by atoms with Gasteiger partial charge in [0.05, 0.1) is 17.4 Å². The van der Waals surface area contributed by atoms with Crippen LogP contribution in [0.1, 0.15) is 10.4 Å². The molecule has 0 aliphatic rings. The Morgan fingerprint density at radius 2 is 2.27 bits per heavy atom. The van der Waals surface area contributed by atoms with Crippen LogP contribution >= 0.6 is 15.9 Å². The fourth-order valence-corrected chi connectivity index (χ4v) is 1.42. The molecule has 15 heavy (non-hydrogen) atoms. The van der Waals surface area contributed by atoms with E-state index in [-0.39, 0.29) is 5.91 Å². The maximum Gasteiger partial charge on any atom is 0.257 e. The zero-order chi connectivity index (χ0) is 10.7. The van der Waals surface area contributed by atoms with Gasteiger partial charge in [-0.2, -0.15) is 5.10 Å². The molecule has 6 heteroatoms. The van der Waals surface area contributed by atoms with Crippen LogP contribution in [-0.2, 0) is 0 Å². The van der Waals surface area contributed by atoms with Crippen molar-refractivity contribution in [3.05, 3.63) is 40.9 Å². The van der Waals surface area contributed by atoms with Crippen molar-refractivity contribution in [3.8, 4) is 0 Å². The molecule has 0 saturated carbocycles. The number of amides is 1. The number of nitrogens with one attached hydrogen (secondary N) is 2. The van der Waals surface area contributed by atoms with Crippen LogP contribution in [0.5, 0.6) is 0 Å². The number of H-pyrrole nitrogens is 1. The van der Waals surface area contributed by atoms with E-state index in [1.165, 1.54) is 12.4 Å². The molecule has 0 spiro atoms. The number of aromatic nitrogens is 3. The molecule has 0 fully saturated rings. The van der Waals surface area contributed by atoms with E-state index < -0.39 is 0 Å². The summed E-state index contributed by atoms with van der Waals surface area (Å²) < 4.78 is 0.766. The van der Waals surface area contributed by atoms with Crippen molar-refractivity contribution in [2.45, 2.75) is 0 Å². The molecular weight excluding hydrogens is 260 g/mol. The quantitative estimate of drug-likeness (QED) is 0.871. The Morgan fingerprint density at radius 1 is 1.40 bits per heavy atom. The lowest BCUT2D eigenvalue weighted by Crippen LogP contribution is -2.11. The standard InChI is InChI=1S/C9H7BrN4O/c10-7-1-6(2-11-3-7)9(15)14-8-4-12-13-5-8/h1-5H,(H,12,13)(H,14,15). The number of carbonyl (C=O) groups is 1. The van der Waals surface area contributed by atoms with Gasteiger partial charge in [0.25, 0.3) is 5.91 Å². The summed E-state index contributed by atoms with van der Waals surface area (Å²) in [6.45, 7) is 0. The van der Waals surface area contributed by atoms with Crippen molar-refractivity contribution in [3.63, 3.8) is 0 Å². The summed E-state index contributed by atoms with van der Waals surface area (Å²) in [4.78, 5) is 15.6. The summed E-state index contributed by atoms with van der Waals surface area (Å²) >= 11 is 3.25. The topological polar surface area (TPSA) is 70.7 Å². The molecule has 5 nitrogen and oxygen atoms in total. The fourth-order valence-electron chi connectivity index (χ4n) is 1.06. The third kappa shape index (κ3) is 2.41. The summed E-state index contributed by atoms with van der Waals surface area (Å²) in [5, 5.41) is 9.00. The molecule has 2 heterocycles. The molecule has 0 aromatic carbocycles. The number of hydrogen-bond donors (Lipinski definition) is 2. The molecule has 2 aromatic heterocycles. The average Bonchev–Trinajstić information content (AvgIpc) is 2.70. The van der Waals surface area contributed by atoms with Crippen LogP contribution in [0.15, 0.2) is 35.3 Å². The van der Waals surface area contributed by atoms with E-state index in [0.29, 0.717) is 11.3 Å². The van der Waals surface area contributed by atoms with Gasteiger partial charge in [0, 0.05) is 23.1 Å². The van der Waals surface area contributed by atoms with Crippen LogP contribution in [0.2, 0.25) is 0 Å². The predicted molar refractivity (Wildman–Crippen MR) is 58.5 cm³/mol. The first-order valence-electron chi connectivity index (χ1n) is 4.16. The van der Waals surface area contributed by atoms with Gasteiger partial charge in [-0.05, 0) is 22.0 Å². The predicted octanol–water partition coefficient (Wildman–Crippen LogP) is 1.82. The lowest BCUT2D eigenvalue weighted by molar-refractivity contribution is 0.102. The van der Waals surface area contributed by atoms with E-state index in [1.807, 2.05) is 0 Å². The Balaban J connectivity index is 2.15. The van der Waals surface area contributed by atoms with Crippen molar-refractivity contribution >= 4 is 27.5 Å². The molecule has 76 valence electrons. The maximum absolute atomic E-state index is 11.7. The molecule has 2 aromatic rings. The Hall–Kier alpha value is -1.69. The maximum atomic E-state index is 11.7. The Labute approximate surface area is 94.0 Å². The minimum atomic E-state index is -0.217. The molecule has 0 atom stereocenters. The van der Waals surface area contributed by atoms with Crippen LogP contribution in [-0.4, -0.2) is 21.1 Å². The molecule has 2 N–H and O–H groups in total. The molecule has 0 radical (unpaired) electrons. The first-order chi connectivity index (χ1) is 7.25. The lowest BCUT2D eigenvalue weighted by atomic mass is 10.2. The SMILES string of the molecule is O=C(Nc1cn[nH]c1)c1cncc(Br)c1. The van der Waals surface area contributed by atoms with E-state index in [9.17, 15) is 4.79 Å². The first kappa shape index (κ1) is 9.85. The fraction of sp³-hybridized carbons (Fsp3) is 0. The van der Waals surface area contributed by atoms with Crippen LogP contribution in [0.4, 0.5) is 5.69 Å². The highest BCUT2D eigenvalue weighted by atomic mass is 79.9. The van der Waals surface area contributed by atoms with Crippen molar-refractivity contribution in [1.29, 1.82) is 0 Å². The number of anilines is 1. The second kappa shape index (κ2) is 4.22. The van der Waals surface area contributed by atoms with Gasteiger partial charge in [-0.3, -0.25) is 14.9 Å². The third-order valence-electron chi connectivity index (χ3n) is 1.72. The van der Waals surface area contributed by atoms with Crippen LogP contribution in [0.25, 0.3) is 0 Å². The van der Waals surface area contributed by atoms with E-state index >= 15 is 0 Å². The summed E-state index contributed by atoms with van der Waals surface area (Å²) in [5.74, 6) is -0.217. The first-order valence-corrected chi connectivity index (χ1v) is 4.96. The molecule has 0 bridgehead atoms. The third-order valence-corrected chi connectivity index (χ3v) is 2.16. The van der Waals surface area contributed by atoms with E-state index in [4.69, 9.17) is 0 Å². The number of rotatable bonds is 2. The zero-order valence-corrected chi connectivity index (χ0v) is 9.15. The van der Waals surface area contributed by atoms with Gasteiger partial charge in [-0.15, -0.1) is 0 Å². The van der Waals surface area contributed by atoms with Gasteiger partial charge in [0.2, 0.25) is 0 Å². The Bertz CT molecular complexity index is 469. The smallest absolute Gasteiger partial charge is 0.257 e. The second-order valence-electron chi connectivity index (χ2n) is 2.83. The molecular formula is C9H7BrN4O. The second-order valence-corrected chi connectivity index (χ2v) is 3.75. The van der Waals surface area contributed by atoms with Gasteiger partial charge in [-0.1, -0.05) is 0 Å². The van der Waals surface area contributed by atoms with Gasteiger partial charge in [0.15, 0.2) is 0 Å². The number of halogens is 1. The summed E-state index contributed by atoms with van der Waals surface area (Å²) in [5.41, 5.74) is 1.12. The Kier molecular flexibility index (Phi) is 2.77. The number of pyridine rings is 1. The molecule has 1 amide bonds. The summed E-state index contributed by atoms with van der Waals surface area (Å²) in [7, 11) is 0.